The van der Waals surface area contributed by atoms with Crippen LogP contribution in [0.4, 0.5) is 11.4 Å². The van der Waals surface area contributed by atoms with E-state index >= 15 is 0 Å². The smallest absolute Gasteiger partial charge is 0.273 e. The molecule has 0 spiro atoms. The van der Waals surface area contributed by atoms with Crippen LogP contribution in [0.15, 0.2) is 12.1 Å². The third-order valence-corrected chi connectivity index (χ3v) is 7.66. The van der Waals surface area contributed by atoms with Gasteiger partial charge in [-0.15, -0.1) is 11.8 Å². The number of aryl methyl sites for hydroxylation is 1. The van der Waals surface area contributed by atoms with Gasteiger partial charge >= 0.3 is 0 Å². The number of nitro benzene ring substituents is 1. The van der Waals surface area contributed by atoms with Crippen molar-refractivity contribution in [3.05, 3.63) is 27.8 Å². The zero-order chi connectivity index (χ0) is 17.9. The fourth-order valence-electron chi connectivity index (χ4n) is 4.68. The number of nitrogens with zero attached hydrogens (tertiary/aromatic N) is 3. The van der Waals surface area contributed by atoms with Crippen molar-refractivity contribution in [1.82, 2.24) is 4.90 Å². The summed E-state index contributed by atoms with van der Waals surface area (Å²) in [5, 5.41) is 11.6. The van der Waals surface area contributed by atoms with E-state index in [-0.39, 0.29) is 15.4 Å². The number of anilines is 1. The van der Waals surface area contributed by atoms with Gasteiger partial charge in [-0.1, -0.05) is 0 Å². The molecule has 3 saturated heterocycles. The van der Waals surface area contributed by atoms with Gasteiger partial charge in [-0.2, -0.15) is 0 Å². The summed E-state index contributed by atoms with van der Waals surface area (Å²) >= 11 is 1.99. The van der Waals surface area contributed by atoms with Crippen LogP contribution in [0.1, 0.15) is 18.4 Å². The van der Waals surface area contributed by atoms with Crippen molar-refractivity contribution in [3.63, 3.8) is 0 Å². The fourth-order valence-corrected chi connectivity index (χ4v) is 6.03. The van der Waals surface area contributed by atoms with Gasteiger partial charge in [-0.05, 0) is 25.3 Å². The first kappa shape index (κ1) is 16.6. The number of hydrogen-bond donors (Lipinski definition) is 0. The molecule has 4 aliphatic heterocycles. The summed E-state index contributed by atoms with van der Waals surface area (Å²) in [6.45, 7) is 7.28. The zero-order valence-electron chi connectivity index (χ0n) is 14.8. The average Bonchev–Trinajstić information content (AvgIpc) is 3.37. The minimum atomic E-state index is -0.337. The molecule has 2 bridgehead atoms. The predicted molar refractivity (Wildman–Crippen MR) is 100 cm³/mol. The average molecular weight is 377 g/mol. The summed E-state index contributed by atoms with van der Waals surface area (Å²) in [6.07, 6.45) is 2.21. The van der Waals surface area contributed by atoms with Crippen LogP contribution < -0.4 is 9.64 Å². The molecule has 26 heavy (non-hydrogen) atoms. The molecule has 2 atom stereocenters. The van der Waals surface area contributed by atoms with Crippen molar-refractivity contribution in [3.8, 4) is 5.75 Å². The van der Waals surface area contributed by atoms with E-state index < -0.39 is 0 Å². The normalized spacial score (nSPS) is 31.3. The highest BCUT2D eigenvalue weighted by Crippen LogP contribution is 2.61. The van der Waals surface area contributed by atoms with Gasteiger partial charge in [0.25, 0.3) is 5.69 Å². The van der Waals surface area contributed by atoms with Gasteiger partial charge in [0, 0.05) is 45.0 Å². The third kappa shape index (κ3) is 2.58. The summed E-state index contributed by atoms with van der Waals surface area (Å²) < 4.78 is 11.8. The first-order valence-corrected chi connectivity index (χ1v) is 10.1. The maximum absolute atomic E-state index is 11.2. The van der Waals surface area contributed by atoms with E-state index in [0.717, 1.165) is 56.9 Å². The Balaban J connectivity index is 1.47. The second-order valence-corrected chi connectivity index (χ2v) is 9.19. The molecule has 0 radical (unpaired) electrons. The minimum absolute atomic E-state index is 0.0784. The number of ether oxygens (including phenoxy) is 2. The molecular weight excluding hydrogens is 354 g/mol. The molecule has 140 valence electrons. The van der Waals surface area contributed by atoms with Crippen LogP contribution in [0.2, 0.25) is 0 Å². The summed E-state index contributed by atoms with van der Waals surface area (Å²) in [6, 6.07) is 3.86. The molecule has 0 aromatic heterocycles. The van der Waals surface area contributed by atoms with Gasteiger partial charge < -0.3 is 14.4 Å². The van der Waals surface area contributed by atoms with Gasteiger partial charge in [0.15, 0.2) is 0 Å². The van der Waals surface area contributed by atoms with Gasteiger partial charge in [-0.25, -0.2) is 0 Å². The number of nitro groups is 1. The topological polar surface area (TPSA) is 68.1 Å². The largest absolute Gasteiger partial charge is 0.490 e. The zero-order valence-corrected chi connectivity index (χ0v) is 15.7. The summed E-state index contributed by atoms with van der Waals surface area (Å²) in [7, 11) is 0. The lowest BCUT2D eigenvalue weighted by molar-refractivity contribution is -0.385. The molecule has 0 aliphatic carbocycles. The highest BCUT2D eigenvalue weighted by molar-refractivity contribution is 8.08. The van der Waals surface area contributed by atoms with Crippen LogP contribution in [0.25, 0.3) is 0 Å². The Morgan fingerprint density at radius 1 is 1.31 bits per heavy atom. The summed E-state index contributed by atoms with van der Waals surface area (Å²) in [4.78, 5) is 15.9. The van der Waals surface area contributed by atoms with E-state index in [4.69, 9.17) is 9.47 Å². The van der Waals surface area contributed by atoms with Crippen molar-refractivity contribution in [2.45, 2.75) is 35.9 Å². The summed E-state index contributed by atoms with van der Waals surface area (Å²) in [5.74, 6) is 0.670. The maximum Gasteiger partial charge on any atom is 0.273 e. The van der Waals surface area contributed by atoms with E-state index in [1.165, 1.54) is 0 Å². The molecule has 0 N–H and O–H groups in total. The Kier molecular flexibility index (Phi) is 3.84. The minimum Gasteiger partial charge on any atom is -0.490 e. The summed E-state index contributed by atoms with van der Waals surface area (Å²) in [5.41, 5.74) is 2.08. The number of benzene rings is 1. The lowest BCUT2D eigenvalue weighted by atomic mass is 10.0. The Morgan fingerprint density at radius 2 is 2.12 bits per heavy atom. The Morgan fingerprint density at radius 3 is 2.88 bits per heavy atom. The molecule has 5 rings (SSSR count). The lowest BCUT2D eigenvalue weighted by Crippen LogP contribution is -2.46. The van der Waals surface area contributed by atoms with E-state index in [9.17, 15) is 10.1 Å². The van der Waals surface area contributed by atoms with Crippen LogP contribution >= 0.6 is 11.8 Å². The number of thioether (sulfide) groups is 1. The highest BCUT2D eigenvalue weighted by atomic mass is 32.2. The Labute approximate surface area is 156 Å². The second-order valence-electron chi connectivity index (χ2n) is 7.70. The number of fused-ring (bicyclic) bond motifs is 2. The molecule has 8 heteroatoms. The van der Waals surface area contributed by atoms with Gasteiger partial charge in [0.1, 0.15) is 12.4 Å². The van der Waals surface area contributed by atoms with Crippen molar-refractivity contribution in [1.29, 1.82) is 0 Å². The third-order valence-electron chi connectivity index (χ3n) is 6.05. The first-order valence-electron chi connectivity index (χ1n) is 9.25. The van der Waals surface area contributed by atoms with E-state index in [2.05, 4.69) is 9.80 Å². The van der Waals surface area contributed by atoms with Gasteiger partial charge in [0.2, 0.25) is 0 Å². The van der Waals surface area contributed by atoms with Gasteiger partial charge in [0.05, 0.1) is 26.8 Å². The van der Waals surface area contributed by atoms with Crippen molar-refractivity contribution in [2.24, 2.45) is 0 Å². The van der Waals surface area contributed by atoms with Crippen LogP contribution in [-0.4, -0.2) is 65.4 Å². The lowest BCUT2D eigenvalue weighted by Gasteiger charge is -2.36. The SMILES string of the molecule is Cc1cc([N+](=O)[O-])cc2c1N1CCN(C3CCOCC3)C[C@@]3(CO2)SC13. The fraction of sp³-hybridized carbons (Fsp3) is 0.667. The molecule has 4 heterocycles. The molecule has 1 unspecified atom stereocenters. The van der Waals surface area contributed by atoms with E-state index in [0.29, 0.717) is 23.8 Å². The number of non-ortho nitro benzene ring substituents is 1. The van der Waals surface area contributed by atoms with Gasteiger partial charge in [-0.3, -0.25) is 15.0 Å². The number of hydrogen-bond acceptors (Lipinski definition) is 7. The molecule has 3 fully saturated rings. The standard InChI is InChI=1S/C18H23N3O4S/c1-12-8-14(21(22)23)9-15-16(12)20-5-4-19(13-2-6-24-7-3-13)10-18(11-25-15)17(20)26-18/h8-9,13,17H,2-7,10-11H2,1H3/t17?,18-/m0/s1. The first-order chi connectivity index (χ1) is 12.6. The molecule has 0 amide bonds. The molecule has 0 saturated carbocycles. The Bertz CT molecular complexity index is 754. The second kappa shape index (κ2) is 6.00. The number of rotatable bonds is 2. The monoisotopic (exact) mass is 377 g/mol. The maximum atomic E-state index is 11.2. The molecular formula is C18H23N3O4S. The van der Waals surface area contributed by atoms with Crippen LogP contribution in [0.3, 0.4) is 0 Å². The van der Waals surface area contributed by atoms with Crippen LogP contribution in [-0.2, 0) is 4.74 Å². The molecule has 4 aliphatic rings. The van der Waals surface area contributed by atoms with Crippen LogP contribution in [0.5, 0.6) is 5.75 Å². The van der Waals surface area contributed by atoms with Crippen molar-refractivity contribution in [2.75, 3.05) is 44.4 Å². The van der Waals surface area contributed by atoms with Crippen molar-refractivity contribution < 1.29 is 14.4 Å². The Hall–Kier alpha value is -1.51. The highest BCUT2D eigenvalue weighted by Gasteiger charge is 2.63. The van der Waals surface area contributed by atoms with E-state index in [1.807, 2.05) is 18.7 Å². The van der Waals surface area contributed by atoms with Crippen molar-refractivity contribution >= 4 is 23.1 Å². The van der Waals surface area contributed by atoms with E-state index in [1.54, 1.807) is 12.1 Å². The molecule has 1 aromatic rings. The molecule has 1 aromatic carbocycles. The quantitative estimate of drug-likeness (QED) is 0.445. The van der Waals surface area contributed by atoms with Crippen LogP contribution in [0, 0.1) is 17.0 Å². The predicted octanol–water partition coefficient (Wildman–Crippen LogP) is 2.41. The molecule has 7 nitrogen and oxygen atoms in total.